The molecule has 0 radical (unpaired) electrons. The molecule has 1 amide bonds. The lowest BCUT2D eigenvalue weighted by Crippen LogP contribution is -2.45. The maximum atomic E-state index is 12.2. The van der Waals surface area contributed by atoms with Crippen LogP contribution >= 0.6 is 0 Å². The van der Waals surface area contributed by atoms with Crippen molar-refractivity contribution in [3.63, 3.8) is 0 Å². The Bertz CT molecular complexity index is 591. The van der Waals surface area contributed by atoms with Crippen molar-refractivity contribution < 1.29 is 4.79 Å². The number of carbonyl (C=O) groups is 1. The van der Waals surface area contributed by atoms with Gasteiger partial charge in [0, 0.05) is 6.20 Å². The number of hydrogen-bond donors (Lipinski definition) is 2. The van der Waals surface area contributed by atoms with Gasteiger partial charge in [-0.05, 0) is 43.4 Å². The molecule has 2 aromatic rings. The second-order valence-corrected chi connectivity index (χ2v) is 5.27. The van der Waals surface area contributed by atoms with Gasteiger partial charge in [-0.15, -0.1) is 0 Å². The van der Waals surface area contributed by atoms with Crippen molar-refractivity contribution in [2.45, 2.75) is 31.7 Å². The van der Waals surface area contributed by atoms with Crippen LogP contribution in [0.1, 0.15) is 41.4 Å². The average molecular weight is 255 g/mol. The summed E-state index contributed by atoms with van der Waals surface area (Å²) in [5, 5.41) is 9.67. The molecular formula is C15H17N3O. The molecule has 0 spiro atoms. The number of fused-ring (bicyclic) bond motifs is 1. The van der Waals surface area contributed by atoms with E-state index in [0.717, 1.165) is 19.3 Å². The molecule has 0 bridgehead atoms. The van der Waals surface area contributed by atoms with Gasteiger partial charge < -0.3 is 5.32 Å². The van der Waals surface area contributed by atoms with E-state index in [4.69, 9.17) is 0 Å². The minimum Gasteiger partial charge on any atom is -0.341 e. The molecule has 1 aromatic carbocycles. The first-order valence-electron chi connectivity index (χ1n) is 6.59. The maximum Gasteiger partial charge on any atom is 0.269 e. The van der Waals surface area contributed by atoms with Crippen LogP contribution in [0.2, 0.25) is 0 Å². The highest BCUT2D eigenvalue weighted by atomic mass is 16.2. The molecule has 4 nitrogen and oxygen atoms in total. The molecule has 0 saturated heterocycles. The predicted molar refractivity (Wildman–Crippen MR) is 72.8 cm³/mol. The highest BCUT2D eigenvalue weighted by molar-refractivity contribution is 5.92. The molecule has 1 heterocycles. The first kappa shape index (κ1) is 12.0. The van der Waals surface area contributed by atoms with E-state index in [1.54, 1.807) is 12.3 Å². The fraction of sp³-hybridized carbons (Fsp3) is 0.333. The van der Waals surface area contributed by atoms with E-state index in [0.29, 0.717) is 5.69 Å². The number of H-pyrrole nitrogens is 1. The SMILES string of the molecule is CC1(NC(=O)c2ccn[nH]2)CCCc2ccccc21. The summed E-state index contributed by atoms with van der Waals surface area (Å²) in [7, 11) is 0. The van der Waals surface area contributed by atoms with Crippen molar-refractivity contribution in [1.29, 1.82) is 0 Å². The van der Waals surface area contributed by atoms with Crippen molar-refractivity contribution in [1.82, 2.24) is 15.5 Å². The molecule has 1 aromatic heterocycles. The molecule has 0 saturated carbocycles. The number of nitrogens with zero attached hydrogens (tertiary/aromatic N) is 1. The van der Waals surface area contributed by atoms with Gasteiger partial charge in [0.15, 0.2) is 0 Å². The number of aryl methyl sites for hydroxylation is 1. The lowest BCUT2D eigenvalue weighted by Gasteiger charge is -2.36. The third-order valence-electron chi connectivity index (χ3n) is 3.87. The van der Waals surface area contributed by atoms with Crippen LogP contribution in [0.5, 0.6) is 0 Å². The molecule has 2 N–H and O–H groups in total. The van der Waals surface area contributed by atoms with Gasteiger partial charge in [-0.3, -0.25) is 9.89 Å². The number of carbonyl (C=O) groups excluding carboxylic acids is 1. The summed E-state index contributed by atoms with van der Waals surface area (Å²) in [4.78, 5) is 12.2. The third-order valence-corrected chi connectivity index (χ3v) is 3.87. The van der Waals surface area contributed by atoms with Crippen LogP contribution < -0.4 is 5.32 Å². The average Bonchev–Trinajstić information content (AvgIpc) is 2.93. The number of rotatable bonds is 2. The molecule has 98 valence electrons. The van der Waals surface area contributed by atoms with Gasteiger partial charge in [0.1, 0.15) is 5.69 Å². The number of hydrogen-bond acceptors (Lipinski definition) is 2. The molecule has 0 aliphatic heterocycles. The van der Waals surface area contributed by atoms with Gasteiger partial charge in [-0.1, -0.05) is 24.3 Å². The van der Waals surface area contributed by atoms with E-state index >= 15 is 0 Å². The number of amides is 1. The fourth-order valence-corrected chi connectivity index (χ4v) is 2.87. The van der Waals surface area contributed by atoms with Crippen molar-refractivity contribution in [2.75, 3.05) is 0 Å². The van der Waals surface area contributed by atoms with Crippen LogP contribution in [0.4, 0.5) is 0 Å². The molecule has 0 fully saturated rings. The standard InChI is InChI=1S/C15H17N3O/c1-15(17-14(19)13-8-10-16-18-13)9-4-6-11-5-2-3-7-12(11)15/h2-3,5,7-8,10H,4,6,9H2,1H3,(H,16,18)(H,17,19). The van der Waals surface area contributed by atoms with Crippen LogP contribution in [0, 0.1) is 0 Å². The summed E-state index contributed by atoms with van der Waals surface area (Å²) in [6.07, 6.45) is 4.73. The minimum absolute atomic E-state index is 0.100. The van der Waals surface area contributed by atoms with Crippen LogP contribution in [0.3, 0.4) is 0 Å². The van der Waals surface area contributed by atoms with Gasteiger partial charge in [-0.25, -0.2) is 0 Å². The first-order valence-corrected chi connectivity index (χ1v) is 6.59. The second-order valence-electron chi connectivity index (χ2n) is 5.27. The minimum atomic E-state index is -0.295. The van der Waals surface area contributed by atoms with Crippen molar-refractivity contribution in [3.8, 4) is 0 Å². The topological polar surface area (TPSA) is 57.8 Å². The predicted octanol–water partition coefficient (Wildman–Crippen LogP) is 2.39. The van der Waals surface area contributed by atoms with Gasteiger partial charge in [0.05, 0.1) is 5.54 Å². The summed E-state index contributed by atoms with van der Waals surface area (Å²) in [6.45, 7) is 2.10. The molecule has 4 heteroatoms. The van der Waals surface area contributed by atoms with Gasteiger partial charge in [0.25, 0.3) is 5.91 Å². The third kappa shape index (κ3) is 2.14. The Hall–Kier alpha value is -2.10. The quantitative estimate of drug-likeness (QED) is 0.865. The zero-order valence-corrected chi connectivity index (χ0v) is 10.9. The Morgan fingerprint density at radius 3 is 3.00 bits per heavy atom. The Balaban J connectivity index is 1.90. The van der Waals surface area contributed by atoms with Crippen LogP contribution in [0.25, 0.3) is 0 Å². The lowest BCUT2D eigenvalue weighted by molar-refractivity contribution is 0.0889. The molecule has 3 rings (SSSR count). The van der Waals surface area contributed by atoms with Crippen LogP contribution in [0.15, 0.2) is 36.5 Å². The fourth-order valence-electron chi connectivity index (χ4n) is 2.87. The Morgan fingerprint density at radius 2 is 2.21 bits per heavy atom. The van der Waals surface area contributed by atoms with Crippen molar-refractivity contribution in [2.24, 2.45) is 0 Å². The number of aromatic amines is 1. The smallest absolute Gasteiger partial charge is 0.269 e. The van der Waals surface area contributed by atoms with E-state index in [1.165, 1.54) is 11.1 Å². The van der Waals surface area contributed by atoms with Crippen LogP contribution in [-0.4, -0.2) is 16.1 Å². The summed E-state index contributed by atoms with van der Waals surface area (Å²) in [5.41, 5.74) is 2.77. The van der Waals surface area contributed by atoms with Gasteiger partial charge in [-0.2, -0.15) is 5.10 Å². The Kier molecular flexibility index (Phi) is 2.85. The monoisotopic (exact) mass is 255 g/mol. The molecule has 19 heavy (non-hydrogen) atoms. The van der Waals surface area contributed by atoms with Gasteiger partial charge in [0.2, 0.25) is 0 Å². The van der Waals surface area contributed by atoms with Gasteiger partial charge >= 0.3 is 0 Å². The van der Waals surface area contributed by atoms with Crippen LogP contribution in [-0.2, 0) is 12.0 Å². The molecule has 1 aliphatic carbocycles. The number of nitrogens with one attached hydrogen (secondary N) is 2. The summed E-state index contributed by atoms with van der Waals surface area (Å²) < 4.78 is 0. The van der Waals surface area contributed by atoms with E-state index < -0.39 is 0 Å². The zero-order valence-electron chi connectivity index (χ0n) is 10.9. The molecular weight excluding hydrogens is 238 g/mol. The molecule has 1 unspecified atom stereocenters. The van der Waals surface area contributed by atoms with E-state index in [1.807, 2.05) is 6.07 Å². The van der Waals surface area contributed by atoms with E-state index in [2.05, 4.69) is 40.6 Å². The molecule has 1 aliphatic rings. The number of benzene rings is 1. The summed E-state index contributed by atoms with van der Waals surface area (Å²) >= 11 is 0. The number of aromatic nitrogens is 2. The highest BCUT2D eigenvalue weighted by Gasteiger charge is 2.33. The normalized spacial score (nSPS) is 21.7. The molecule has 1 atom stereocenters. The Labute approximate surface area is 112 Å². The zero-order chi connectivity index (χ0) is 13.3. The van der Waals surface area contributed by atoms with Crippen molar-refractivity contribution in [3.05, 3.63) is 53.3 Å². The van der Waals surface area contributed by atoms with E-state index in [-0.39, 0.29) is 11.4 Å². The highest BCUT2D eigenvalue weighted by Crippen LogP contribution is 2.34. The largest absolute Gasteiger partial charge is 0.341 e. The summed E-state index contributed by atoms with van der Waals surface area (Å²) in [6, 6.07) is 10.0. The summed E-state index contributed by atoms with van der Waals surface area (Å²) in [5.74, 6) is -0.100. The van der Waals surface area contributed by atoms with Crippen molar-refractivity contribution >= 4 is 5.91 Å². The first-order chi connectivity index (χ1) is 9.19. The second kappa shape index (κ2) is 4.53. The maximum absolute atomic E-state index is 12.2. The van der Waals surface area contributed by atoms with E-state index in [9.17, 15) is 4.79 Å². The Morgan fingerprint density at radius 1 is 1.37 bits per heavy atom. The lowest BCUT2D eigenvalue weighted by atomic mass is 9.77.